The molecule has 5 heteroatoms. The molecule has 0 aliphatic rings. The normalized spacial score (nSPS) is 10.5. The van der Waals surface area contributed by atoms with Gasteiger partial charge in [-0.05, 0) is 42.9 Å². The first kappa shape index (κ1) is 14.7. The molecule has 2 rings (SSSR count). The molecular formula is C14H12BrCl2NO. The highest BCUT2D eigenvalue weighted by molar-refractivity contribution is 9.10. The van der Waals surface area contributed by atoms with E-state index in [4.69, 9.17) is 27.9 Å². The Morgan fingerprint density at radius 3 is 2.58 bits per heavy atom. The number of rotatable bonds is 4. The van der Waals surface area contributed by atoms with Crippen molar-refractivity contribution in [1.29, 1.82) is 0 Å². The third-order valence-electron chi connectivity index (χ3n) is 2.51. The SMILES string of the molecule is CNCc1ccc(Oc2cc(Br)ccc2Cl)cc1Cl. The standard InChI is InChI=1S/C14H12BrCl2NO/c1-18-8-9-2-4-11(7-13(9)17)19-14-6-10(15)3-5-12(14)16/h2-7,18H,8H2,1H3. The zero-order valence-corrected chi connectivity index (χ0v) is 13.3. The van der Waals surface area contributed by atoms with Crippen LogP contribution in [0.15, 0.2) is 40.9 Å². The van der Waals surface area contributed by atoms with E-state index in [-0.39, 0.29) is 0 Å². The van der Waals surface area contributed by atoms with Gasteiger partial charge in [-0.3, -0.25) is 0 Å². The molecule has 0 amide bonds. The van der Waals surface area contributed by atoms with Gasteiger partial charge in [0.25, 0.3) is 0 Å². The molecule has 19 heavy (non-hydrogen) atoms. The first-order chi connectivity index (χ1) is 9.10. The van der Waals surface area contributed by atoms with Gasteiger partial charge < -0.3 is 10.1 Å². The van der Waals surface area contributed by atoms with Gasteiger partial charge in [0.05, 0.1) is 5.02 Å². The largest absolute Gasteiger partial charge is 0.456 e. The van der Waals surface area contributed by atoms with Crippen LogP contribution in [0, 0.1) is 0 Å². The van der Waals surface area contributed by atoms with Crippen molar-refractivity contribution in [1.82, 2.24) is 5.32 Å². The lowest BCUT2D eigenvalue weighted by atomic mass is 10.2. The Kier molecular flexibility index (Phi) is 5.11. The predicted octanol–water partition coefficient (Wildman–Crippen LogP) is 5.27. The molecule has 100 valence electrons. The topological polar surface area (TPSA) is 21.3 Å². The molecule has 1 N–H and O–H groups in total. The van der Waals surface area contributed by atoms with Gasteiger partial charge in [-0.1, -0.05) is 45.2 Å². The highest BCUT2D eigenvalue weighted by Crippen LogP contribution is 2.33. The van der Waals surface area contributed by atoms with Crippen LogP contribution < -0.4 is 10.1 Å². The average molecular weight is 361 g/mol. The lowest BCUT2D eigenvalue weighted by Crippen LogP contribution is -2.05. The zero-order valence-electron chi connectivity index (χ0n) is 10.2. The van der Waals surface area contributed by atoms with Gasteiger partial charge in [0.15, 0.2) is 0 Å². The van der Waals surface area contributed by atoms with Gasteiger partial charge in [-0.15, -0.1) is 0 Å². The Balaban J connectivity index is 2.24. The third-order valence-corrected chi connectivity index (χ3v) is 3.67. The summed E-state index contributed by atoms with van der Waals surface area (Å²) in [5.74, 6) is 1.25. The highest BCUT2D eigenvalue weighted by Gasteiger charge is 2.06. The van der Waals surface area contributed by atoms with Crippen LogP contribution in [-0.4, -0.2) is 7.05 Å². The molecule has 0 aliphatic heterocycles. The summed E-state index contributed by atoms with van der Waals surface area (Å²) in [6.45, 7) is 0.719. The van der Waals surface area contributed by atoms with Gasteiger partial charge in [-0.25, -0.2) is 0 Å². The highest BCUT2D eigenvalue weighted by atomic mass is 79.9. The van der Waals surface area contributed by atoms with Crippen molar-refractivity contribution in [3.05, 3.63) is 56.5 Å². The van der Waals surface area contributed by atoms with Crippen LogP contribution in [0.5, 0.6) is 11.5 Å². The summed E-state index contributed by atoms with van der Waals surface area (Å²) in [6, 6.07) is 11.0. The van der Waals surface area contributed by atoms with Crippen LogP contribution >= 0.6 is 39.1 Å². The van der Waals surface area contributed by atoms with Crippen molar-refractivity contribution in [3.63, 3.8) is 0 Å². The van der Waals surface area contributed by atoms with Gasteiger partial charge in [0, 0.05) is 16.0 Å². The Hall–Kier alpha value is -0.740. The van der Waals surface area contributed by atoms with E-state index in [0.717, 1.165) is 16.6 Å². The molecule has 0 saturated carbocycles. The molecule has 0 heterocycles. The number of benzene rings is 2. The van der Waals surface area contributed by atoms with Gasteiger partial charge in [0.1, 0.15) is 11.5 Å². The fourth-order valence-electron chi connectivity index (χ4n) is 1.61. The van der Waals surface area contributed by atoms with Crippen molar-refractivity contribution in [2.24, 2.45) is 0 Å². The summed E-state index contributed by atoms with van der Waals surface area (Å²) in [7, 11) is 1.88. The van der Waals surface area contributed by atoms with Crippen LogP contribution in [0.3, 0.4) is 0 Å². The monoisotopic (exact) mass is 359 g/mol. The van der Waals surface area contributed by atoms with Crippen molar-refractivity contribution < 1.29 is 4.74 Å². The van der Waals surface area contributed by atoms with E-state index in [1.165, 1.54) is 0 Å². The fraction of sp³-hybridized carbons (Fsp3) is 0.143. The van der Waals surface area contributed by atoms with Gasteiger partial charge in [0.2, 0.25) is 0 Å². The smallest absolute Gasteiger partial charge is 0.147 e. The number of hydrogen-bond donors (Lipinski definition) is 1. The maximum atomic E-state index is 6.18. The van der Waals surface area contributed by atoms with E-state index in [9.17, 15) is 0 Å². The summed E-state index contributed by atoms with van der Waals surface area (Å²) in [5.41, 5.74) is 1.02. The molecule has 2 aromatic rings. The average Bonchev–Trinajstić information content (AvgIpc) is 2.37. The lowest BCUT2D eigenvalue weighted by molar-refractivity contribution is 0.482. The van der Waals surface area contributed by atoms with Crippen LogP contribution in [-0.2, 0) is 6.54 Å². The summed E-state index contributed by atoms with van der Waals surface area (Å²) in [5, 5.41) is 4.28. The van der Waals surface area contributed by atoms with Crippen LogP contribution in [0.25, 0.3) is 0 Å². The summed E-state index contributed by atoms with van der Waals surface area (Å²) in [4.78, 5) is 0. The molecule has 0 aromatic heterocycles. The Labute approximate surface area is 130 Å². The summed E-state index contributed by atoms with van der Waals surface area (Å²) < 4.78 is 6.64. The Bertz CT molecular complexity index is 590. The molecule has 0 spiro atoms. The lowest BCUT2D eigenvalue weighted by Gasteiger charge is -2.10. The maximum Gasteiger partial charge on any atom is 0.147 e. The first-order valence-electron chi connectivity index (χ1n) is 5.66. The van der Waals surface area contributed by atoms with E-state index >= 15 is 0 Å². The van der Waals surface area contributed by atoms with E-state index < -0.39 is 0 Å². The summed E-state index contributed by atoms with van der Waals surface area (Å²) in [6.07, 6.45) is 0. The minimum absolute atomic E-state index is 0.554. The van der Waals surface area contributed by atoms with Crippen molar-refractivity contribution in [3.8, 4) is 11.5 Å². The molecule has 2 aromatic carbocycles. The quantitative estimate of drug-likeness (QED) is 0.802. The van der Waals surface area contributed by atoms with Crippen LogP contribution in [0.1, 0.15) is 5.56 Å². The predicted molar refractivity (Wildman–Crippen MR) is 83.4 cm³/mol. The molecule has 0 radical (unpaired) electrons. The minimum atomic E-state index is 0.554. The van der Waals surface area contributed by atoms with E-state index in [1.54, 1.807) is 12.1 Å². The molecule has 0 bridgehead atoms. The molecule has 0 fully saturated rings. The molecule has 0 saturated heterocycles. The maximum absolute atomic E-state index is 6.18. The second kappa shape index (κ2) is 6.62. The first-order valence-corrected chi connectivity index (χ1v) is 7.21. The van der Waals surface area contributed by atoms with E-state index in [0.29, 0.717) is 21.5 Å². The van der Waals surface area contributed by atoms with E-state index in [1.807, 2.05) is 31.3 Å². The molecular weight excluding hydrogens is 349 g/mol. The summed E-state index contributed by atoms with van der Waals surface area (Å²) >= 11 is 15.6. The fourth-order valence-corrected chi connectivity index (χ4v) is 2.34. The number of halogens is 3. The minimum Gasteiger partial charge on any atom is -0.456 e. The van der Waals surface area contributed by atoms with Crippen LogP contribution in [0.4, 0.5) is 0 Å². The van der Waals surface area contributed by atoms with Gasteiger partial charge >= 0.3 is 0 Å². The van der Waals surface area contributed by atoms with Gasteiger partial charge in [-0.2, -0.15) is 0 Å². The third kappa shape index (κ3) is 3.86. The second-order valence-corrected chi connectivity index (χ2v) is 5.69. The molecule has 0 aliphatic carbocycles. The Morgan fingerprint density at radius 2 is 1.89 bits per heavy atom. The van der Waals surface area contributed by atoms with Crippen LogP contribution in [0.2, 0.25) is 10.0 Å². The Morgan fingerprint density at radius 1 is 1.11 bits per heavy atom. The molecule has 2 nitrogen and oxygen atoms in total. The van der Waals surface area contributed by atoms with Crippen molar-refractivity contribution in [2.45, 2.75) is 6.54 Å². The molecule has 0 unspecified atom stereocenters. The van der Waals surface area contributed by atoms with Crippen molar-refractivity contribution in [2.75, 3.05) is 7.05 Å². The number of ether oxygens (including phenoxy) is 1. The van der Waals surface area contributed by atoms with Crippen molar-refractivity contribution >= 4 is 39.1 Å². The number of hydrogen-bond acceptors (Lipinski definition) is 2. The molecule has 0 atom stereocenters. The zero-order chi connectivity index (χ0) is 13.8. The second-order valence-electron chi connectivity index (χ2n) is 3.96. The van der Waals surface area contributed by atoms with E-state index in [2.05, 4.69) is 21.2 Å². The number of nitrogens with one attached hydrogen (secondary N) is 1.